The van der Waals surface area contributed by atoms with E-state index in [0.29, 0.717) is 41.6 Å². The zero-order valence-electron chi connectivity index (χ0n) is 21.7. The fourth-order valence-corrected chi connectivity index (χ4v) is 3.50. The zero-order valence-corrected chi connectivity index (χ0v) is 21.7. The number of imidazole rings is 1. The van der Waals surface area contributed by atoms with Crippen molar-refractivity contribution in [2.75, 3.05) is 23.1 Å². The first-order valence-electron chi connectivity index (χ1n) is 12.3. The number of ether oxygens (including phenoxy) is 1. The molecule has 12 nitrogen and oxygen atoms in total. The van der Waals surface area contributed by atoms with Gasteiger partial charge in [-0.2, -0.15) is 4.98 Å². The second kappa shape index (κ2) is 13.9. The van der Waals surface area contributed by atoms with Crippen LogP contribution in [0.3, 0.4) is 0 Å². The quantitative estimate of drug-likeness (QED) is 0.209. The molecule has 4 N–H and O–H groups in total. The van der Waals surface area contributed by atoms with Crippen LogP contribution in [-0.4, -0.2) is 48.7 Å². The van der Waals surface area contributed by atoms with Crippen LogP contribution in [0.5, 0.6) is 5.75 Å². The number of methoxy groups -OCH3 is 1. The van der Waals surface area contributed by atoms with Crippen LogP contribution in [0.25, 0.3) is 11.2 Å². The molecule has 0 fully saturated rings. The number of aryl methyl sites for hydroxylation is 1. The molecule has 0 spiro atoms. The molecule has 0 unspecified atom stereocenters. The van der Waals surface area contributed by atoms with Gasteiger partial charge in [-0.3, -0.25) is 9.78 Å². The number of carboxylic acid groups (broad SMARTS) is 1. The summed E-state index contributed by atoms with van der Waals surface area (Å²) in [4.78, 5) is 39.0. The van der Waals surface area contributed by atoms with E-state index in [0.717, 1.165) is 11.3 Å². The molecule has 0 atom stereocenters. The summed E-state index contributed by atoms with van der Waals surface area (Å²) >= 11 is 0. The van der Waals surface area contributed by atoms with Crippen LogP contribution in [0.1, 0.15) is 12.0 Å². The van der Waals surface area contributed by atoms with Crippen LogP contribution in [-0.2, 0) is 17.9 Å². The van der Waals surface area contributed by atoms with E-state index < -0.39 is 5.97 Å². The van der Waals surface area contributed by atoms with Gasteiger partial charge in [0.05, 0.1) is 26.1 Å². The fourth-order valence-electron chi connectivity index (χ4n) is 3.50. The summed E-state index contributed by atoms with van der Waals surface area (Å²) in [5.41, 5.74) is 3.80. The van der Waals surface area contributed by atoms with E-state index in [2.05, 4.69) is 35.9 Å². The largest absolute Gasteiger partial charge is 0.497 e. The number of hydrogen-bond donors (Lipinski definition) is 4. The molecular weight excluding hydrogens is 512 g/mol. The molecule has 2 amide bonds. The smallest absolute Gasteiger partial charge is 0.323 e. The maximum absolute atomic E-state index is 11.7. The van der Waals surface area contributed by atoms with Crippen LogP contribution in [0.15, 0.2) is 91.6 Å². The zero-order chi connectivity index (χ0) is 28.2. The van der Waals surface area contributed by atoms with E-state index in [4.69, 9.17) is 9.84 Å². The lowest BCUT2D eigenvalue weighted by molar-refractivity contribution is -0.137. The van der Waals surface area contributed by atoms with E-state index in [1.165, 1.54) is 0 Å². The first-order chi connectivity index (χ1) is 19.5. The van der Waals surface area contributed by atoms with Crippen molar-refractivity contribution >= 4 is 40.5 Å². The van der Waals surface area contributed by atoms with Crippen molar-refractivity contribution in [2.45, 2.75) is 19.5 Å². The number of hydrogen-bond acceptors (Lipinski definition) is 8. The van der Waals surface area contributed by atoms with Crippen molar-refractivity contribution in [3.63, 3.8) is 0 Å². The highest BCUT2D eigenvalue weighted by Crippen LogP contribution is 2.16. The van der Waals surface area contributed by atoms with E-state index in [1.807, 2.05) is 30.3 Å². The predicted molar refractivity (Wildman–Crippen MR) is 151 cm³/mol. The summed E-state index contributed by atoms with van der Waals surface area (Å²) in [5, 5.41) is 17.3. The molecule has 0 bridgehead atoms. The third kappa shape index (κ3) is 8.25. The Morgan fingerprint density at radius 3 is 2.30 bits per heavy atom. The van der Waals surface area contributed by atoms with Gasteiger partial charge in [0.25, 0.3) is 0 Å². The summed E-state index contributed by atoms with van der Waals surface area (Å²) in [7, 11) is 1.60. The first-order valence-corrected chi connectivity index (χ1v) is 12.3. The third-order valence-corrected chi connectivity index (χ3v) is 5.50. The van der Waals surface area contributed by atoms with Crippen LogP contribution in [0, 0.1) is 0 Å². The van der Waals surface area contributed by atoms with Gasteiger partial charge in [0.15, 0.2) is 5.65 Å². The second-order valence-electron chi connectivity index (χ2n) is 8.37. The van der Waals surface area contributed by atoms with Gasteiger partial charge in [-0.1, -0.05) is 30.3 Å². The Hall–Kier alpha value is -5.52. The molecule has 0 radical (unpaired) electrons. The number of aliphatic carboxylic acids is 1. The minimum absolute atomic E-state index is 0.0300. The van der Waals surface area contributed by atoms with E-state index >= 15 is 0 Å². The molecular formula is C28H28N8O4. The third-order valence-electron chi connectivity index (χ3n) is 5.50. The Bertz CT molecular complexity index is 1530. The summed E-state index contributed by atoms with van der Waals surface area (Å²) < 4.78 is 6.76. The number of fused-ring (bicyclic) bond motifs is 1. The Labute approximate surface area is 230 Å². The van der Waals surface area contributed by atoms with Crippen molar-refractivity contribution < 1.29 is 19.4 Å². The Balaban J connectivity index is 0.000000189. The summed E-state index contributed by atoms with van der Waals surface area (Å²) in [5.74, 6) is 0.391. The minimum atomic E-state index is -0.849. The molecule has 3 aromatic heterocycles. The van der Waals surface area contributed by atoms with E-state index in [-0.39, 0.29) is 12.5 Å². The van der Waals surface area contributed by atoms with E-state index in [1.54, 1.807) is 73.0 Å². The first kappa shape index (κ1) is 27.5. The highest BCUT2D eigenvalue weighted by atomic mass is 16.5. The molecule has 3 heterocycles. The van der Waals surface area contributed by atoms with Crippen LogP contribution >= 0.6 is 0 Å². The maximum Gasteiger partial charge on any atom is 0.323 e. The standard InChI is InChI=1S/C15H15N5O2.C13H13N3O2/c21-13(22)6-7-20-10-18-12-9-17-15(19-14(12)20)16-8-11-4-2-1-3-5-11;1-18-12-4-2-10(3-5-12)15-13(17)16-11-6-8-14-9-7-11/h1-5,9-10H,6-8H2,(H,21,22)(H,16,17,19);2-9H,1H3,(H2,14,15,16,17). The summed E-state index contributed by atoms with van der Waals surface area (Å²) in [6.45, 7) is 0.955. The number of pyridine rings is 1. The van der Waals surface area contributed by atoms with Gasteiger partial charge in [0.1, 0.15) is 11.3 Å². The molecule has 0 aliphatic rings. The number of anilines is 3. The van der Waals surface area contributed by atoms with Gasteiger partial charge in [0.2, 0.25) is 5.95 Å². The average Bonchev–Trinajstić information content (AvgIpc) is 3.39. The lowest BCUT2D eigenvalue weighted by Gasteiger charge is -2.07. The van der Waals surface area contributed by atoms with Gasteiger partial charge < -0.3 is 30.4 Å². The lowest BCUT2D eigenvalue weighted by Crippen LogP contribution is -2.19. The van der Waals surface area contributed by atoms with Gasteiger partial charge >= 0.3 is 12.0 Å². The molecule has 2 aromatic carbocycles. The van der Waals surface area contributed by atoms with Crippen molar-refractivity contribution in [1.29, 1.82) is 0 Å². The van der Waals surface area contributed by atoms with Crippen molar-refractivity contribution in [3.05, 3.63) is 97.2 Å². The molecule has 5 rings (SSSR count). The molecule has 0 aliphatic heterocycles. The van der Waals surface area contributed by atoms with Crippen molar-refractivity contribution in [3.8, 4) is 5.75 Å². The summed E-state index contributed by atoms with van der Waals surface area (Å²) in [6.07, 6.45) is 6.48. The number of carbonyl (C=O) groups excluding carboxylic acids is 1. The highest BCUT2D eigenvalue weighted by Gasteiger charge is 2.08. The Kier molecular flexibility index (Phi) is 9.53. The topological polar surface area (TPSA) is 156 Å². The molecule has 204 valence electrons. The minimum Gasteiger partial charge on any atom is -0.497 e. The van der Waals surface area contributed by atoms with Crippen LogP contribution < -0.4 is 20.7 Å². The van der Waals surface area contributed by atoms with Gasteiger partial charge in [-0.05, 0) is 42.0 Å². The molecule has 40 heavy (non-hydrogen) atoms. The number of urea groups is 1. The van der Waals surface area contributed by atoms with Crippen molar-refractivity contribution in [2.24, 2.45) is 0 Å². The molecule has 12 heteroatoms. The number of nitrogens with one attached hydrogen (secondary N) is 3. The van der Waals surface area contributed by atoms with Crippen LogP contribution in [0.2, 0.25) is 0 Å². The normalized spacial score (nSPS) is 10.2. The van der Waals surface area contributed by atoms with Gasteiger partial charge in [-0.25, -0.2) is 14.8 Å². The van der Waals surface area contributed by atoms with Crippen molar-refractivity contribution in [1.82, 2.24) is 24.5 Å². The number of amides is 2. The fraction of sp³-hybridized carbons (Fsp3) is 0.143. The predicted octanol–water partition coefficient (Wildman–Crippen LogP) is 4.65. The Morgan fingerprint density at radius 1 is 0.925 bits per heavy atom. The number of benzene rings is 2. The molecule has 5 aromatic rings. The molecule has 0 aliphatic carbocycles. The van der Waals surface area contributed by atoms with Crippen LogP contribution in [0.4, 0.5) is 22.1 Å². The monoisotopic (exact) mass is 540 g/mol. The van der Waals surface area contributed by atoms with Gasteiger partial charge in [0, 0.05) is 36.9 Å². The average molecular weight is 541 g/mol. The Morgan fingerprint density at radius 2 is 1.62 bits per heavy atom. The SMILES string of the molecule is COc1ccc(NC(=O)Nc2ccncc2)cc1.O=C(O)CCn1cnc2cnc(NCc3ccccc3)nc21. The highest BCUT2D eigenvalue weighted by molar-refractivity contribution is 5.99. The molecule has 0 saturated heterocycles. The second-order valence-corrected chi connectivity index (χ2v) is 8.37. The molecule has 0 saturated carbocycles. The number of carbonyl (C=O) groups is 2. The lowest BCUT2D eigenvalue weighted by atomic mass is 10.2. The number of nitrogens with zero attached hydrogens (tertiary/aromatic N) is 5. The number of aromatic nitrogens is 5. The number of rotatable bonds is 9. The number of carboxylic acids is 1. The van der Waals surface area contributed by atoms with Gasteiger partial charge in [-0.15, -0.1) is 0 Å². The van der Waals surface area contributed by atoms with E-state index in [9.17, 15) is 9.59 Å². The summed E-state index contributed by atoms with van der Waals surface area (Å²) in [6, 6.07) is 20.2. The maximum atomic E-state index is 11.7.